The monoisotopic (exact) mass is 349 g/mol. The van der Waals surface area contributed by atoms with Crippen LogP contribution in [-0.2, 0) is 10.1 Å². The van der Waals surface area contributed by atoms with Gasteiger partial charge in [-0.15, -0.1) is 11.3 Å². The van der Waals surface area contributed by atoms with Gasteiger partial charge in [0.1, 0.15) is 5.15 Å². The van der Waals surface area contributed by atoms with E-state index < -0.39 is 0 Å². The van der Waals surface area contributed by atoms with Crippen molar-refractivity contribution < 1.29 is 9.53 Å². The minimum Gasteiger partial charge on any atom is -0.462 e. The van der Waals surface area contributed by atoms with Crippen LogP contribution in [-0.4, -0.2) is 17.6 Å². The first kappa shape index (κ1) is 15.4. The largest absolute Gasteiger partial charge is 0.462 e. The Labute approximate surface area is 123 Å². The zero-order chi connectivity index (χ0) is 12.4. The highest BCUT2D eigenvalue weighted by Crippen LogP contribution is 2.34. The fraction of sp³-hybridized carbons (Fsp3) is 0.333. The average molecular weight is 351 g/mol. The van der Waals surface area contributed by atoms with Gasteiger partial charge in [0, 0.05) is 16.9 Å². The van der Waals surface area contributed by atoms with Gasteiger partial charge in [-0.05, 0) is 17.9 Å². The number of alkyl halides is 1. The van der Waals surface area contributed by atoms with Crippen molar-refractivity contribution in [2.24, 2.45) is 0 Å². The number of nitrogens with zero attached hydrogens (tertiary/aromatic N) is 1. The zero-order valence-electron chi connectivity index (χ0n) is 9.00. The van der Waals surface area contributed by atoms with Crippen molar-refractivity contribution in [3.63, 3.8) is 0 Å². The molecule has 6 heteroatoms. The van der Waals surface area contributed by atoms with Crippen molar-refractivity contribution in [3.8, 4) is 0 Å². The molecular weight excluding hydrogens is 338 g/mol. The molecule has 0 N–H and O–H groups in total. The lowest BCUT2D eigenvalue weighted by Crippen LogP contribution is -2.05. The van der Waals surface area contributed by atoms with E-state index in [0.717, 1.165) is 15.6 Å². The Hall–Kier alpha value is -0.650. The molecule has 0 atom stereocenters. The molecule has 98 valence electrons. The molecule has 0 fully saturated rings. The van der Waals surface area contributed by atoms with Crippen molar-refractivity contribution in [2.75, 3.05) is 6.61 Å². The molecule has 3 nitrogen and oxygen atoms in total. The number of halogens is 2. The number of aromatic nitrogens is 1. The maximum absolute atomic E-state index is 11.8. The molecule has 0 aliphatic carbocycles. The summed E-state index contributed by atoms with van der Waals surface area (Å²) >= 11 is 10.9. The molecule has 2 heterocycles. The normalized spacial score (nSPS) is 10.2. The Bertz CT molecular complexity index is 570. The SMILES string of the molecule is C.CCOC(=O)c1cnc(Cl)c2c(CBr)csc12. The Morgan fingerprint density at radius 2 is 2.33 bits per heavy atom. The van der Waals surface area contributed by atoms with Gasteiger partial charge < -0.3 is 4.74 Å². The third-order valence-corrected chi connectivity index (χ3v) is 4.22. The Morgan fingerprint density at radius 3 is 2.94 bits per heavy atom. The Morgan fingerprint density at radius 1 is 1.61 bits per heavy atom. The number of carbonyl (C=O) groups is 1. The second-order valence-electron chi connectivity index (χ2n) is 3.28. The number of pyridine rings is 1. The van der Waals surface area contributed by atoms with Gasteiger partial charge in [0.25, 0.3) is 0 Å². The van der Waals surface area contributed by atoms with Crippen LogP contribution in [0.2, 0.25) is 5.15 Å². The van der Waals surface area contributed by atoms with E-state index in [2.05, 4.69) is 20.9 Å². The first-order valence-corrected chi connectivity index (χ1v) is 7.34. The number of hydrogen-bond acceptors (Lipinski definition) is 4. The first-order valence-electron chi connectivity index (χ1n) is 4.96. The fourth-order valence-corrected chi connectivity index (χ4v) is 3.56. The van der Waals surface area contributed by atoms with Crippen molar-refractivity contribution >= 4 is 54.9 Å². The summed E-state index contributed by atoms with van der Waals surface area (Å²) in [5, 5.41) is 3.90. The minimum absolute atomic E-state index is 0. The van der Waals surface area contributed by atoms with Crippen molar-refractivity contribution in [1.29, 1.82) is 0 Å². The average Bonchev–Trinajstić information content (AvgIpc) is 2.74. The lowest BCUT2D eigenvalue weighted by atomic mass is 10.2. The van der Waals surface area contributed by atoms with Gasteiger partial charge in [0.2, 0.25) is 0 Å². The van der Waals surface area contributed by atoms with E-state index in [1.165, 1.54) is 17.5 Å². The van der Waals surface area contributed by atoms with Crippen LogP contribution in [0.15, 0.2) is 11.6 Å². The molecule has 0 saturated heterocycles. The van der Waals surface area contributed by atoms with Gasteiger partial charge >= 0.3 is 5.97 Å². The molecule has 2 rings (SSSR count). The third-order valence-electron chi connectivity index (χ3n) is 2.26. The quantitative estimate of drug-likeness (QED) is 0.459. The van der Waals surface area contributed by atoms with Gasteiger partial charge in [-0.2, -0.15) is 0 Å². The van der Waals surface area contributed by atoms with Crippen LogP contribution in [0.3, 0.4) is 0 Å². The molecule has 0 aliphatic heterocycles. The molecule has 0 spiro atoms. The van der Waals surface area contributed by atoms with E-state index in [1.807, 2.05) is 5.38 Å². The van der Waals surface area contributed by atoms with Crippen LogP contribution in [0.5, 0.6) is 0 Å². The van der Waals surface area contributed by atoms with Crippen LogP contribution in [0.1, 0.15) is 30.3 Å². The fourth-order valence-electron chi connectivity index (χ4n) is 1.52. The van der Waals surface area contributed by atoms with Gasteiger partial charge in [0.15, 0.2) is 0 Å². The van der Waals surface area contributed by atoms with Crippen LogP contribution in [0.25, 0.3) is 10.1 Å². The number of fused-ring (bicyclic) bond motifs is 1. The summed E-state index contributed by atoms with van der Waals surface area (Å²) in [6, 6.07) is 0. The molecule has 0 aliphatic rings. The van der Waals surface area contributed by atoms with Gasteiger partial charge in [-0.1, -0.05) is 35.0 Å². The predicted octanol–water partition coefficient (Wildman–Crippen LogP) is 4.66. The summed E-state index contributed by atoms with van der Waals surface area (Å²) in [7, 11) is 0. The van der Waals surface area contributed by atoms with E-state index in [9.17, 15) is 4.79 Å². The highest BCUT2D eigenvalue weighted by Gasteiger charge is 2.17. The summed E-state index contributed by atoms with van der Waals surface area (Å²) in [4.78, 5) is 15.8. The summed E-state index contributed by atoms with van der Waals surface area (Å²) in [5.41, 5.74) is 1.51. The van der Waals surface area contributed by atoms with Crippen LogP contribution in [0.4, 0.5) is 0 Å². The predicted molar refractivity (Wildman–Crippen MR) is 79.9 cm³/mol. The first-order chi connectivity index (χ1) is 8.19. The zero-order valence-corrected chi connectivity index (χ0v) is 12.2. The molecular formula is C12H13BrClNO2S. The standard InChI is InChI=1S/C11H9BrClNO2S.CH4/c1-2-16-11(15)7-4-14-10(13)8-6(3-12)5-17-9(7)8;/h4-5H,2-3H2,1H3;1H4. The highest BCUT2D eigenvalue weighted by atomic mass is 79.9. The summed E-state index contributed by atoms with van der Waals surface area (Å²) in [6.07, 6.45) is 1.47. The molecule has 18 heavy (non-hydrogen) atoms. The molecule has 0 bridgehead atoms. The molecule has 2 aromatic heterocycles. The van der Waals surface area contributed by atoms with E-state index in [-0.39, 0.29) is 13.4 Å². The van der Waals surface area contributed by atoms with Crippen LogP contribution < -0.4 is 0 Å². The number of rotatable bonds is 3. The molecule has 0 saturated carbocycles. The van der Waals surface area contributed by atoms with E-state index in [0.29, 0.717) is 22.7 Å². The number of ether oxygens (including phenoxy) is 1. The van der Waals surface area contributed by atoms with E-state index >= 15 is 0 Å². The second-order valence-corrected chi connectivity index (χ2v) is 5.08. The van der Waals surface area contributed by atoms with E-state index in [4.69, 9.17) is 16.3 Å². The number of thiophene rings is 1. The molecule has 0 radical (unpaired) electrons. The highest BCUT2D eigenvalue weighted by molar-refractivity contribution is 9.08. The topological polar surface area (TPSA) is 39.2 Å². The Balaban J connectivity index is 0.00000162. The summed E-state index contributed by atoms with van der Waals surface area (Å²) in [5.74, 6) is -0.357. The van der Waals surface area contributed by atoms with Crippen LogP contribution >= 0.6 is 38.9 Å². The molecule has 0 unspecified atom stereocenters. The third kappa shape index (κ3) is 2.68. The maximum atomic E-state index is 11.8. The molecule has 2 aromatic rings. The smallest absolute Gasteiger partial charge is 0.341 e. The summed E-state index contributed by atoms with van der Waals surface area (Å²) < 4.78 is 5.82. The minimum atomic E-state index is -0.357. The van der Waals surface area contributed by atoms with Gasteiger partial charge in [-0.3, -0.25) is 0 Å². The second kappa shape index (κ2) is 6.50. The summed E-state index contributed by atoms with van der Waals surface area (Å²) in [6.45, 7) is 2.12. The van der Waals surface area contributed by atoms with Crippen LogP contribution in [0, 0.1) is 0 Å². The van der Waals surface area contributed by atoms with Gasteiger partial charge in [0.05, 0.1) is 16.9 Å². The number of hydrogen-bond donors (Lipinski definition) is 0. The number of carbonyl (C=O) groups excluding carboxylic acids is 1. The maximum Gasteiger partial charge on any atom is 0.341 e. The van der Waals surface area contributed by atoms with E-state index in [1.54, 1.807) is 6.92 Å². The lowest BCUT2D eigenvalue weighted by molar-refractivity contribution is 0.0528. The number of esters is 1. The van der Waals surface area contributed by atoms with Crippen molar-refractivity contribution in [2.45, 2.75) is 19.7 Å². The molecule has 0 aromatic carbocycles. The lowest BCUT2D eigenvalue weighted by Gasteiger charge is -2.04. The van der Waals surface area contributed by atoms with Crippen molar-refractivity contribution in [3.05, 3.63) is 27.9 Å². The van der Waals surface area contributed by atoms with Crippen molar-refractivity contribution in [1.82, 2.24) is 4.98 Å². The Kier molecular flexibility index (Phi) is 5.56. The van der Waals surface area contributed by atoms with Gasteiger partial charge in [-0.25, -0.2) is 9.78 Å². The molecule has 0 amide bonds.